The zero-order chi connectivity index (χ0) is 11.5. The van der Waals surface area contributed by atoms with Crippen LogP contribution in [-0.4, -0.2) is 22.0 Å². The Morgan fingerprint density at radius 2 is 1.94 bits per heavy atom. The van der Waals surface area contributed by atoms with Crippen LogP contribution in [0.3, 0.4) is 0 Å². The second kappa shape index (κ2) is 4.26. The number of para-hydroxylation sites is 2. The van der Waals surface area contributed by atoms with E-state index in [9.17, 15) is 4.79 Å². The third kappa shape index (κ3) is 2.16. The summed E-state index contributed by atoms with van der Waals surface area (Å²) in [6.07, 6.45) is 1.29. The normalized spacial score (nSPS) is 10.7. The first-order valence-electron chi connectivity index (χ1n) is 5.09. The number of rotatable bonds is 2. The minimum atomic E-state index is -0.437. The fraction of sp³-hybridized carbons (Fsp3) is 0.250. The fourth-order valence-electron chi connectivity index (χ4n) is 1.33. The number of benzene rings is 1. The molecule has 0 saturated heterocycles. The van der Waals surface area contributed by atoms with Crippen molar-refractivity contribution in [1.29, 1.82) is 0 Å². The summed E-state index contributed by atoms with van der Waals surface area (Å²) in [5.41, 5.74) is 1.71. The number of nitrogens with zero attached hydrogens (tertiary/aromatic N) is 2. The molecule has 0 fully saturated rings. The molecule has 0 radical (unpaired) electrons. The lowest BCUT2D eigenvalue weighted by Gasteiger charge is -2.07. The molecule has 1 heterocycles. The standard InChI is InChI=1S/C12H12N2O2/c1-8(2)16-12(15)11-7-13-9-5-3-4-6-10(9)14-11/h3-8H,1-2H3. The van der Waals surface area contributed by atoms with Gasteiger partial charge in [-0.1, -0.05) is 12.1 Å². The fourth-order valence-corrected chi connectivity index (χ4v) is 1.33. The molecule has 4 nitrogen and oxygen atoms in total. The van der Waals surface area contributed by atoms with E-state index in [-0.39, 0.29) is 11.8 Å². The molecule has 0 aliphatic carbocycles. The van der Waals surface area contributed by atoms with Gasteiger partial charge in [0.05, 0.1) is 23.3 Å². The second-order valence-corrected chi connectivity index (χ2v) is 3.70. The van der Waals surface area contributed by atoms with Crippen LogP contribution in [-0.2, 0) is 4.74 Å². The highest BCUT2D eigenvalue weighted by molar-refractivity contribution is 5.89. The van der Waals surface area contributed by atoms with Crippen LogP contribution in [0.2, 0.25) is 0 Å². The maximum atomic E-state index is 11.6. The summed E-state index contributed by atoms with van der Waals surface area (Å²) >= 11 is 0. The number of aromatic nitrogens is 2. The van der Waals surface area contributed by atoms with Crippen LogP contribution < -0.4 is 0 Å². The Balaban J connectivity index is 2.35. The van der Waals surface area contributed by atoms with Gasteiger partial charge < -0.3 is 4.74 Å². The van der Waals surface area contributed by atoms with Gasteiger partial charge in [-0.2, -0.15) is 0 Å². The van der Waals surface area contributed by atoms with E-state index in [0.29, 0.717) is 5.52 Å². The number of carbonyl (C=O) groups excluding carboxylic acids is 1. The molecule has 0 aliphatic heterocycles. The van der Waals surface area contributed by atoms with Gasteiger partial charge in [-0.25, -0.2) is 9.78 Å². The molecule has 0 amide bonds. The Morgan fingerprint density at radius 1 is 1.25 bits per heavy atom. The summed E-state index contributed by atoms with van der Waals surface area (Å²) < 4.78 is 5.04. The average Bonchev–Trinajstić information content (AvgIpc) is 2.27. The van der Waals surface area contributed by atoms with E-state index in [4.69, 9.17) is 4.74 Å². The first-order chi connectivity index (χ1) is 7.66. The largest absolute Gasteiger partial charge is 0.458 e. The van der Waals surface area contributed by atoms with Crippen molar-refractivity contribution in [2.45, 2.75) is 20.0 Å². The van der Waals surface area contributed by atoms with Crippen molar-refractivity contribution >= 4 is 17.0 Å². The van der Waals surface area contributed by atoms with Crippen molar-refractivity contribution in [2.24, 2.45) is 0 Å². The number of ether oxygens (including phenoxy) is 1. The van der Waals surface area contributed by atoms with Crippen LogP contribution in [0.4, 0.5) is 0 Å². The second-order valence-electron chi connectivity index (χ2n) is 3.70. The molecule has 0 bridgehead atoms. The number of fused-ring (bicyclic) bond motifs is 1. The molecular formula is C12H12N2O2. The monoisotopic (exact) mass is 216 g/mol. The molecule has 16 heavy (non-hydrogen) atoms. The third-order valence-electron chi connectivity index (χ3n) is 2.00. The van der Waals surface area contributed by atoms with Gasteiger partial charge in [0.25, 0.3) is 0 Å². The smallest absolute Gasteiger partial charge is 0.358 e. The van der Waals surface area contributed by atoms with Crippen LogP contribution in [0, 0.1) is 0 Å². The first kappa shape index (κ1) is 10.5. The number of esters is 1. The highest BCUT2D eigenvalue weighted by Crippen LogP contribution is 2.09. The van der Waals surface area contributed by atoms with Crippen molar-refractivity contribution in [1.82, 2.24) is 9.97 Å². The molecule has 2 rings (SSSR count). The van der Waals surface area contributed by atoms with Crippen LogP contribution in [0.15, 0.2) is 30.5 Å². The molecule has 1 aromatic heterocycles. The molecule has 0 atom stereocenters. The molecule has 0 spiro atoms. The maximum absolute atomic E-state index is 11.6. The van der Waals surface area contributed by atoms with Crippen molar-refractivity contribution in [2.75, 3.05) is 0 Å². The van der Waals surface area contributed by atoms with Gasteiger partial charge in [0.2, 0.25) is 0 Å². The van der Waals surface area contributed by atoms with Gasteiger partial charge in [-0.05, 0) is 26.0 Å². The van der Waals surface area contributed by atoms with Crippen LogP contribution >= 0.6 is 0 Å². The minimum absolute atomic E-state index is 0.152. The molecule has 4 heteroatoms. The summed E-state index contributed by atoms with van der Waals surface area (Å²) in [6.45, 7) is 3.60. The number of hydrogen-bond donors (Lipinski definition) is 0. The van der Waals surface area contributed by atoms with Crippen molar-refractivity contribution in [3.8, 4) is 0 Å². The molecule has 0 aliphatic rings. The predicted octanol–water partition coefficient (Wildman–Crippen LogP) is 2.20. The third-order valence-corrected chi connectivity index (χ3v) is 2.00. The highest BCUT2D eigenvalue weighted by atomic mass is 16.5. The maximum Gasteiger partial charge on any atom is 0.358 e. The molecule has 0 unspecified atom stereocenters. The van der Waals surface area contributed by atoms with Crippen molar-refractivity contribution in [3.63, 3.8) is 0 Å². The topological polar surface area (TPSA) is 52.1 Å². The molecule has 1 aromatic carbocycles. The molecule has 0 N–H and O–H groups in total. The van der Waals surface area contributed by atoms with Gasteiger partial charge >= 0.3 is 5.97 Å². The van der Waals surface area contributed by atoms with E-state index in [0.717, 1.165) is 5.52 Å². The predicted molar refractivity (Wildman–Crippen MR) is 60.1 cm³/mol. The van der Waals surface area contributed by atoms with Crippen LogP contribution in [0.1, 0.15) is 24.3 Å². The van der Waals surface area contributed by atoms with Crippen LogP contribution in [0.25, 0.3) is 11.0 Å². The van der Waals surface area contributed by atoms with E-state index in [1.54, 1.807) is 13.8 Å². The summed E-state index contributed by atoms with van der Waals surface area (Å²) in [7, 11) is 0. The van der Waals surface area contributed by atoms with Gasteiger partial charge in [0.15, 0.2) is 5.69 Å². The molecular weight excluding hydrogens is 204 g/mol. The molecule has 2 aromatic rings. The quantitative estimate of drug-likeness (QED) is 0.722. The number of hydrogen-bond acceptors (Lipinski definition) is 4. The van der Waals surface area contributed by atoms with E-state index in [1.807, 2.05) is 24.3 Å². The van der Waals surface area contributed by atoms with Gasteiger partial charge in [0, 0.05) is 0 Å². The van der Waals surface area contributed by atoms with Gasteiger partial charge in [0.1, 0.15) is 0 Å². The minimum Gasteiger partial charge on any atom is -0.458 e. The summed E-state index contributed by atoms with van der Waals surface area (Å²) in [4.78, 5) is 19.9. The molecule has 0 saturated carbocycles. The van der Waals surface area contributed by atoms with E-state index in [1.165, 1.54) is 6.20 Å². The lowest BCUT2D eigenvalue weighted by atomic mass is 10.3. The lowest BCUT2D eigenvalue weighted by Crippen LogP contribution is -2.13. The Kier molecular flexibility index (Phi) is 2.81. The summed E-state index contributed by atoms with van der Waals surface area (Å²) in [6, 6.07) is 7.39. The Labute approximate surface area is 93.3 Å². The van der Waals surface area contributed by atoms with Crippen molar-refractivity contribution in [3.05, 3.63) is 36.2 Å². The van der Waals surface area contributed by atoms with E-state index < -0.39 is 5.97 Å². The Bertz CT molecular complexity index is 523. The average molecular weight is 216 g/mol. The van der Waals surface area contributed by atoms with E-state index >= 15 is 0 Å². The zero-order valence-electron chi connectivity index (χ0n) is 9.18. The first-order valence-corrected chi connectivity index (χ1v) is 5.09. The van der Waals surface area contributed by atoms with Gasteiger partial charge in [-0.3, -0.25) is 4.98 Å². The van der Waals surface area contributed by atoms with Crippen LogP contribution in [0.5, 0.6) is 0 Å². The highest BCUT2D eigenvalue weighted by Gasteiger charge is 2.11. The van der Waals surface area contributed by atoms with E-state index in [2.05, 4.69) is 9.97 Å². The SMILES string of the molecule is CC(C)OC(=O)c1cnc2ccccc2n1. The summed E-state index contributed by atoms with van der Waals surface area (Å²) in [5.74, 6) is -0.437. The summed E-state index contributed by atoms with van der Waals surface area (Å²) in [5, 5.41) is 0. The Morgan fingerprint density at radius 3 is 2.62 bits per heavy atom. The lowest BCUT2D eigenvalue weighted by molar-refractivity contribution is 0.0371. The molecule has 82 valence electrons. The zero-order valence-corrected chi connectivity index (χ0v) is 9.18. The number of carbonyl (C=O) groups is 1. The van der Waals surface area contributed by atoms with Crippen molar-refractivity contribution < 1.29 is 9.53 Å². The Hall–Kier alpha value is -1.97. The van der Waals surface area contributed by atoms with Gasteiger partial charge in [-0.15, -0.1) is 0 Å².